The van der Waals surface area contributed by atoms with Gasteiger partial charge >= 0.3 is 0 Å². The Morgan fingerprint density at radius 3 is 2.43 bits per heavy atom. The van der Waals surface area contributed by atoms with E-state index in [1.807, 2.05) is 31.2 Å². The number of nitrogens with one attached hydrogen (secondary N) is 2. The normalized spacial score (nSPS) is 19.5. The first-order valence-corrected chi connectivity index (χ1v) is 10.9. The Morgan fingerprint density at radius 2 is 1.86 bits per heavy atom. The van der Waals surface area contributed by atoms with Crippen molar-refractivity contribution in [3.8, 4) is 5.75 Å². The zero-order chi connectivity index (χ0) is 20.4. The molecule has 28 heavy (non-hydrogen) atoms. The molecule has 2 N–H and O–H groups in total. The van der Waals surface area contributed by atoms with E-state index in [1.165, 1.54) is 0 Å². The molecule has 1 saturated heterocycles. The van der Waals surface area contributed by atoms with Gasteiger partial charge in [-0.3, -0.25) is 14.4 Å². The number of carbonyl (C=O) groups excluding carboxylic acids is 1. The lowest BCUT2D eigenvalue weighted by atomic mass is 9.85. The van der Waals surface area contributed by atoms with Crippen LogP contribution >= 0.6 is 0 Å². The minimum atomic E-state index is -3.37. The van der Waals surface area contributed by atoms with Gasteiger partial charge in [-0.1, -0.05) is 18.2 Å². The molecule has 0 bridgehead atoms. The minimum Gasteiger partial charge on any atom is -0.497 e. The summed E-state index contributed by atoms with van der Waals surface area (Å²) in [7, 11) is -1.74. The molecule has 0 spiro atoms. The van der Waals surface area contributed by atoms with Crippen LogP contribution in [0, 0.1) is 0 Å². The quantitative estimate of drug-likeness (QED) is 0.742. The van der Waals surface area contributed by atoms with Gasteiger partial charge in [0.25, 0.3) is 0 Å². The Morgan fingerprint density at radius 1 is 1.18 bits per heavy atom. The SMILES string of the molecule is COc1ccc(CN2CCC2(C)C(=O)Nc2cccc(NS(C)(=O)=O)c2)cc1. The third-order valence-electron chi connectivity index (χ3n) is 5.01. The van der Waals surface area contributed by atoms with Crippen LogP contribution in [0.4, 0.5) is 11.4 Å². The molecule has 0 radical (unpaired) electrons. The van der Waals surface area contributed by atoms with Crippen LogP contribution in [-0.2, 0) is 21.4 Å². The topological polar surface area (TPSA) is 87.7 Å². The maximum atomic E-state index is 12.9. The van der Waals surface area contributed by atoms with Gasteiger partial charge in [0.15, 0.2) is 0 Å². The molecule has 1 unspecified atom stereocenters. The zero-order valence-corrected chi connectivity index (χ0v) is 17.0. The first-order chi connectivity index (χ1) is 13.2. The molecule has 8 heteroatoms. The third-order valence-corrected chi connectivity index (χ3v) is 5.62. The number of nitrogens with zero attached hydrogens (tertiary/aromatic N) is 1. The van der Waals surface area contributed by atoms with Crippen molar-refractivity contribution in [1.82, 2.24) is 4.90 Å². The first-order valence-electron chi connectivity index (χ1n) is 8.97. The average molecular weight is 404 g/mol. The molecule has 1 heterocycles. The van der Waals surface area contributed by atoms with Crippen LogP contribution in [0.15, 0.2) is 48.5 Å². The van der Waals surface area contributed by atoms with Crippen molar-refractivity contribution in [2.75, 3.05) is 29.9 Å². The summed E-state index contributed by atoms with van der Waals surface area (Å²) in [4.78, 5) is 15.0. The van der Waals surface area contributed by atoms with Gasteiger partial charge in [-0.05, 0) is 49.2 Å². The number of ether oxygens (including phenoxy) is 1. The highest BCUT2D eigenvalue weighted by Gasteiger charge is 2.46. The van der Waals surface area contributed by atoms with Crippen molar-refractivity contribution >= 4 is 27.3 Å². The molecule has 150 valence electrons. The second kappa shape index (κ2) is 7.81. The monoisotopic (exact) mass is 403 g/mol. The van der Waals surface area contributed by atoms with Crippen molar-refractivity contribution in [3.05, 3.63) is 54.1 Å². The number of amides is 1. The van der Waals surface area contributed by atoms with Gasteiger partial charge < -0.3 is 10.1 Å². The van der Waals surface area contributed by atoms with Crippen LogP contribution in [0.25, 0.3) is 0 Å². The van der Waals surface area contributed by atoms with E-state index >= 15 is 0 Å². The van der Waals surface area contributed by atoms with Gasteiger partial charge in [0.1, 0.15) is 5.75 Å². The molecule has 0 aliphatic carbocycles. The van der Waals surface area contributed by atoms with E-state index < -0.39 is 15.6 Å². The standard InChI is InChI=1S/C20H25N3O4S/c1-20(11-12-23(20)14-15-7-9-18(27-2)10-8-15)19(24)21-16-5-4-6-17(13-16)22-28(3,25)26/h4-10,13,22H,11-12,14H2,1-3H3,(H,21,24). The molecule has 1 aliphatic heterocycles. The van der Waals surface area contributed by atoms with Gasteiger partial charge in [-0.25, -0.2) is 8.42 Å². The summed E-state index contributed by atoms with van der Waals surface area (Å²) in [6.45, 7) is 3.43. The molecule has 3 rings (SSSR count). The lowest BCUT2D eigenvalue weighted by Gasteiger charge is -2.49. The molecule has 0 aromatic heterocycles. The highest BCUT2D eigenvalue weighted by molar-refractivity contribution is 7.92. The smallest absolute Gasteiger partial charge is 0.244 e. The summed E-state index contributed by atoms with van der Waals surface area (Å²) in [6, 6.07) is 14.5. The Bertz CT molecular complexity index is 960. The number of methoxy groups -OCH3 is 1. The van der Waals surface area contributed by atoms with Crippen molar-refractivity contribution < 1.29 is 17.9 Å². The molecule has 1 aliphatic rings. The highest BCUT2D eigenvalue weighted by atomic mass is 32.2. The molecular formula is C20H25N3O4S. The van der Waals surface area contributed by atoms with Gasteiger partial charge in [-0.2, -0.15) is 0 Å². The van der Waals surface area contributed by atoms with Crippen LogP contribution in [-0.4, -0.2) is 44.7 Å². The summed E-state index contributed by atoms with van der Waals surface area (Å²) in [6.07, 6.45) is 1.85. The second-order valence-electron chi connectivity index (χ2n) is 7.20. The first kappa shape index (κ1) is 20.2. The Labute approximate surface area is 165 Å². The summed E-state index contributed by atoms with van der Waals surface area (Å²) in [5, 5.41) is 2.91. The van der Waals surface area contributed by atoms with E-state index in [4.69, 9.17) is 4.74 Å². The third kappa shape index (κ3) is 4.63. The number of hydrogen-bond acceptors (Lipinski definition) is 5. The van der Waals surface area contributed by atoms with Crippen molar-refractivity contribution in [3.63, 3.8) is 0 Å². The fraction of sp³-hybridized carbons (Fsp3) is 0.350. The largest absolute Gasteiger partial charge is 0.497 e. The predicted octanol–water partition coefficient (Wildman–Crippen LogP) is 2.67. The number of rotatable bonds is 7. The zero-order valence-electron chi connectivity index (χ0n) is 16.2. The number of hydrogen-bond donors (Lipinski definition) is 2. The molecule has 2 aromatic rings. The maximum Gasteiger partial charge on any atom is 0.244 e. The van der Waals surface area contributed by atoms with E-state index in [0.717, 1.165) is 30.5 Å². The van der Waals surface area contributed by atoms with E-state index in [9.17, 15) is 13.2 Å². The van der Waals surface area contributed by atoms with Crippen molar-refractivity contribution in [2.45, 2.75) is 25.4 Å². The Kier molecular flexibility index (Phi) is 5.62. The molecule has 1 fully saturated rings. The molecule has 2 aromatic carbocycles. The van der Waals surface area contributed by atoms with Gasteiger partial charge in [0.05, 0.1) is 24.6 Å². The van der Waals surface area contributed by atoms with Gasteiger partial charge in [0.2, 0.25) is 15.9 Å². The number of anilines is 2. The lowest BCUT2D eigenvalue weighted by molar-refractivity contribution is -0.136. The predicted molar refractivity (Wildman–Crippen MR) is 110 cm³/mol. The van der Waals surface area contributed by atoms with Crippen LogP contribution in [0.5, 0.6) is 5.75 Å². The number of benzene rings is 2. The lowest BCUT2D eigenvalue weighted by Crippen LogP contribution is -2.63. The molecule has 1 amide bonds. The summed E-state index contributed by atoms with van der Waals surface area (Å²) in [5.41, 5.74) is 1.46. The summed E-state index contributed by atoms with van der Waals surface area (Å²) < 4.78 is 30.4. The van der Waals surface area contributed by atoms with Crippen LogP contribution in [0.2, 0.25) is 0 Å². The van der Waals surface area contributed by atoms with Crippen molar-refractivity contribution in [1.29, 1.82) is 0 Å². The number of likely N-dealkylation sites (tertiary alicyclic amines) is 1. The van der Waals surface area contributed by atoms with Crippen LogP contribution in [0.1, 0.15) is 18.9 Å². The molecule has 7 nitrogen and oxygen atoms in total. The van der Waals surface area contributed by atoms with E-state index in [2.05, 4.69) is 14.9 Å². The number of carbonyl (C=O) groups is 1. The van der Waals surface area contributed by atoms with Crippen molar-refractivity contribution in [2.24, 2.45) is 0 Å². The van der Waals surface area contributed by atoms with Crippen LogP contribution in [0.3, 0.4) is 0 Å². The van der Waals surface area contributed by atoms with Gasteiger partial charge in [-0.15, -0.1) is 0 Å². The fourth-order valence-electron chi connectivity index (χ4n) is 3.21. The van der Waals surface area contributed by atoms with Gasteiger partial charge in [0, 0.05) is 18.8 Å². The maximum absolute atomic E-state index is 12.9. The molecule has 1 atom stereocenters. The van der Waals surface area contributed by atoms with E-state index in [0.29, 0.717) is 17.9 Å². The highest BCUT2D eigenvalue weighted by Crippen LogP contribution is 2.33. The van der Waals surface area contributed by atoms with E-state index in [1.54, 1.807) is 31.4 Å². The summed E-state index contributed by atoms with van der Waals surface area (Å²) in [5.74, 6) is 0.694. The molecular weight excluding hydrogens is 378 g/mol. The fourth-order valence-corrected chi connectivity index (χ4v) is 3.76. The minimum absolute atomic E-state index is 0.108. The number of sulfonamides is 1. The Balaban J connectivity index is 1.67. The molecule has 0 saturated carbocycles. The second-order valence-corrected chi connectivity index (χ2v) is 8.95. The van der Waals surface area contributed by atoms with E-state index in [-0.39, 0.29) is 5.91 Å². The average Bonchev–Trinajstić information content (AvgIpc) is 2.64. The summed E-state index contributed by atoms with van der Waals surface area (Å²) >= 11 is 0. The van der Waals surface area contributed by atoms with Crippen LogP contribution < -0.4 is 14.8 Å². The Hall–Kier alpha value is -2.58.